The van der Waals surface area contributed by atoms with E-state index in [1.807, 2.05) is 26.0 Å². The minimum absolute atomic E-state index is 0.177. The van der Waals surface area contributed by atoms with Crippen molar-refractivity contribution in [3.05, 3.63) is 65.3 Å². The van der Waals surface area contributed by atoms with Gasteiger partial charge in [0.1, 0.15) is 5.75 Å². The first-order valence-electron chi connectivity index (χ1n) is 11.7. The molecule has 0 spiro atoms. The van der Waals surface area contributed by atoms with Gasteiger partial charge in [0.15, 0.2) is 12.4 Å². The van der Waals surface area contributed by atoms with Crippen molar-refractivity contribution >= 4 is 21.6 Å². The molecule has 11 heteroatoms. The highest BCUT2D eigenvalue weighted by Gasteiger charge is 2.26. The summed E-state index contributed by atoms with van der Waals surface area (Å²) >= 11 is 0. The predicted molar refractivity (Wildman–Crippen MR) is 133 cm³/mol. The quantitative estimate of drug-likeness (QED) is 0.462. The van der Waals surface area contributed by atoms with E-state index >= 15 is 0 Å². The van der Waals surface area contributed by atoms with E-state index in [1.165, 1.54) is 10.4 Å². The molecule has 0 radical (unpaired) electrons. The van der Waals surface area contributed by atoms with E-state index in [-0.39, 0.29) is 23.3 Å². The van der Waals surface area contributed by atoms with Crippen LogP contribution in [0.4, 0.5) is 5.69 Å². The number of benzene rings is 2. The van der Waals surface area contributed by atoms with Gasteiger partial charge in [-0.25, -0.2) is 8.42 Å². The number of amides is 1. The summed E-state index contributed by atoms with van der Waals surface area (Å²) in [5.41, 5.74) is 2.25. The van der Waals surface area contributed by atoms with E-state index in [0.717, 1.165) is 5.56 Å². The summed E-state index contributed by atoms with van der Waals surface area (Å²) in [5, 5.41) is 6.79. The monoisotopic (exact) mass is 514 g/mol. The van der Waals surface area contributed by atoms with Gasteiger partial charge in [-0.3, -0.25) is 4.79 Å². The molecule has 0 saturated carbocycles. The van der Waals surface area contributed by atoms with Gasteiger partial charge in [-0.15, -0.1) is 0 Å². The highest BCUT2D eigenvalue weighted by Crippen LogP contribution is 2.25. The molecule has 0 aliphatic carbocycles. The topological polar surface area (TPSA) is 124 Å². The third-order valence-corrected chi connectivity index (χ3v) is 7.59. The smallest absolute Gasteiger partial charge is 0.262 e. The number of morpholine rings is 1. The number of aryl methyl sites for hydroxylation is 1. The third kappa shape index (κ3) is 6.28. The van der Waals surface area contributed by atoms with Gasteiger partial charge in [0.2, 0.25) is 15.9 Å². The number of rotatable bonds is 9. The number of nitrogens with zero attached hydrogens (tertiary/aromatic N) is 3. The number of sulfonamides is 1. The zero-order chi connectivity index (χ0) is 25.7. The molecular weight excluding hydrogens is 484 g/mol. The number of carbonyl (C=O) groups is 1. The Balaban J connectivity index is 1.30. The van der Waals surface area contributed by atoms with Crippen molar-refractivity contribution in [1.82, 2.24) is 14.4 Å². The number of hydrogen-bond acceptors (Lipinski definition) is 8. The fourth-order valence-electron chi connectivity index (χ4n) is 3.68. The Labute approximate surface area is 210 Å². The average molecular weight is 515 g/mol. The Morgan fingerprint density at radius 1 is 1.14 bits per heavy atom. The normalized spacial score (nSPS) is 14.7. The summed E-state index contributed by atoms with van der Waals surface area (Å²) in [5.74, 6) is 1.52. The first-order chi connectivity index (χ1) is 17.2. The lowest BCUT2D eigenvalue weighted by Gasteiger charge is -2.26. The van der Waals surface area contributed by atoms with Crippen LogP contribution in [0.2, 0.25) is 0 Å². The maximum atomic E-state index is 12.8. The maximum Gasteiger partial charge on any atom is 0.262 e. The Hall–Kier alpha value is -3.28. The third-order valence-electron chi connectivity index (χ3n) is 5.69. The Morgan fingerprint density at radius 3 is 2.50 bits per heavy atom. The van der Waals surface area contributed by atoms with Crippen molar-refractivity contribution in [2.24, 2.45) is 0 Å². The molecule has 1 fully saturated rings. The Morgan fingerprint density at radius 2 is 1.86 bits per heavy atom. The number of carbonyl (C=O) groups excluding carboxylic acids is 1. The van der Waals surface area contributed by atoms with E-state index in [4.69, 9.17) is 14.0 Å². The van der Waals surface area contributed by atoms with Gasteiger partial charge in [-0.2, -0.15) is 9.29 Å². The van der Waals surface area contributed by atoms with Gasteiger partial charge in [-0.05, 0) is 48.4 Å². The molecule has 0 bridgehead atoms. The molecule has 1 aliphatic rings. The van der Waals surface area contributed by atoms with Crippen molar-refractivity contribution in [3.8, 4) is 5.75 Å². The lowest BCUT2D eigenvalue weighted by molar-refractivity contribution is -0.118. The van der Waals surface area contributed by atoms with Crippen molar-refractivity contribution in [3.63, 3.8) is 0 Å². The van der Waals surface area contributed by atoms with Crippen LogP contribution in [-0.4, -0.2) is 61.7 Å². The van der Waals surface area contributed by atoms with Crippen LogP contribution in [0.25, 0.3) is 0 Å². The van der Waals surface area contributed by atoms with Gasteiger partial charge in [0.25, 0.3) is 5.91 Å². The molecule has 4 rings (SSSR count). The molecule has 1 N–H and O–H groups in total. The number of hydrogen-bond donors (Lipinski definition) is 1. The van der Waals surface area contributed by atoms with E-state index in [2.05, 4.69) is 15.5 Å². The Kier molecular flexibility index (Phi) is 8.02. The molecule has 10 nitrogen and oxygen atoms in total. The molecule has 3 aromatic rings. The number of anilines is 1. The second-order valence-electron chi connectivity index (χ2n) is 8.86. The van der Waals surface area contributed by atoms with Crippen molar-refractivity contribution in [2.45, 2.75) is 38.0 Å². The number of aromatic nitrogens is 2. The Bertz CT molecular complexity index is 1300. The van der Waals surface area contributed by atoms with E-state index in [0.29, 0.717) is 61.4 Å². The van der Waals surface area contributed by atoms with Crippen LogP contribution in [0.3, 0.4) is 0 Å². The van der Waals surface area contributed by atoms with Gasteiger partial charge < -0.3 is 19.3 Å². The standard InChI is InChI=1S/C25H30N4O6S/c1-17(2)25-27-23(28-35-25)15-19-4-6-20(7-5-19)26-24(30)16-34-22-9-8-21(14-18(22)3)36(31,32)29-10-12-33-13-11-29/h4-9,14,17H,10-13,15-16H2,1-3H3,(H,26,30). The summed E-state index contributed by atoms with van der Waals surface area (Å²) < 4.78 is 43.2. The average Bonchev–Trinajstić information content (AvgIpc) is 3.34. The van der Waals surface area contributed by atoms with E-state index in [9.17, 15) is 13.2 Å². The fourth-order valence-corrected chi connectivity index (χ4v) is 5.18. The molecular formula is C25H30N4O6S. The van der Waals surface area contributed by atoms with E-state index in [1.54, 1.807) is 31.2 Å². The summed E-state index contributed by atoms with van der Waals surface area (Å²) in [7, 11) is -3.59. The van der Waals surface area contributed by atoms with Crippen LogP contribution in [-0.2, 0) is 26.0 Å². The summed E-state index contributed by atoms with van der Waals surface area (Å²) in [6.45, 7) is 6.95. The zero-order valence-corrected chi connectivity index (χ0v) is 21.4. The van der Waals surface area contributed by atoms with Crippen LogP contribution in [0.15, 0.2) is 51.9 Å². The minimum Gasteiger partial charge on any atom is -0.483 e. The number of ether oxygens (including phenoxy) is 2. The second-order valence-corrected chi connectivity index (χ2v) is 10.8. The molecule has 2 heterocycles. The molecule has 1 aromatic heterocycles. The highest BCUT2D eigenvalue weighted by atomic mass is 32.2. The first-order valence-corrected chi connectivity index (χ1v) is 13.2. The van der Waals surface area contributed by atoms with Gasteiger partial charge in [0.05, 0.1) is 18.1 Å². The van der Waals surface area contributed by atoms with Gasteiger partial charge in [-0.1, -0.05) is 31.1 Å². The van der Waals surface area contributed by atoms with Gasteiger partial charge in [0, 0.05) is 31.1 Å². The minimum atomic E-state index is -3.59. The largest absolute Gasteiger partial charge is 0.483 e. The fraction of sp³-hybridized carbons (Fsp3) is 0.400. The van der Waals surface area contributed by atoms with Crippen molar-refractivity contribution < 1.29 is 27.2 Å². The molecule has 0 atom stereocenters. The SMILES string of the molecule is Cc1cc(S(=O)(=O)N2CCOCC2)ccc1OCC(=O)Nc1ccc(Cc2noc(C(C)C)n2)cc1. The molecule has 1 aliphatic heterocycles. The van der Waals surface area contributed by atoms with Crippen molar-refractivity contribution in [2.75, 3.05) is 38.2 Å². The lowest BCUT2D eigenvalue weighted by atomic mass is 10.1. The van der Waals surface area contributed by atoms with Crippen LogP contribution in [0.5, 0.6) is 5.75 Å². The zero-order valence-electron chi connectivity index (χ0n) is 20.6. The second kappa shape index (κ2) is 11.2. The van der Waals surface area contributed by atoms with Crippen LogP contribution >= 0.6 is 0 Å². The van der Waals surface area contributed by atoms with Gasteiger partial charge >= 0.3 is 0 Å². The summed E-state index contributed by atoms with van der Waals surface area (Å²) in [4.78, 5) is 17.0. The molecule has 192 valence electrons. The lowest BCUT2D eigenvalue weighted by Crippen LogP contribution is -2.40. The van der Waals surface area contributed by atoms with E-state index < -0.39 is 10.0 Å². The van der Waals surface area contributed by atoms with Crippen LogP contribution in [0.1, 0.15) is 42.6 Å². The van der Waals surface area contributed by atoms with Crippen LogP contribution < -0.4 is 10.1 Å². The first kappa shape index (κ1) is 25.8. The van der Waals surface area contributed by atoms with Crippen molar-refractivity contribution in [1.29, 1.82) is 0 Å². The molecule has 0 unspecified atom stereocenters. The molecule has 2 aromatic carbocycles. The predicted octanol–water partition coefficient (Wildman–Crippen LogP) is 3.13. The molecule has 1 saturated heterocycles. The van der Waals surface area contributed by atoms with Crippen LogP contribution in [0, 0.1) is 6.92 Å². The molecule has 1 amide bonds. The maximum absolute atomic E-state index is 12.8. The number of nitrogens with one attached hydrogen (secondary N) is 1. The summed E-state index contributed by atoms with van der Waals surface area (Å²) in [6.07, 6.45) is 0.532. The summed E-state index contributed by atoms with van der Waals surface area (Å²) in [6, 6.07) is 12.0. The highest BCUT2D eigenvalue weighted by molar-refractivity contribution is 7.89. The molecule has 36 heavy (non-hydrogen) atoms.